The summed E-state index contributed by atoms with van der Waals surface area (Å²) in [5.41, 5.74) is 0. The predicted molar refractivity (Wildman–Crippen MR) is 32.7 cm³/mol. The van der Waals surface area contributed by atoms with Gasteiger partial charge in [-0.05, 0) is 19.9 Å². The molecule has 0 radical (unpaired) electrons. The van der Waals surface area contributed by atoms with E-state index in [1.165, 1.54) is 0 Å². The minimum absolute atomic E-state index is 0.250. The number of aliphatic hydroxyl groups is 2. The van der Waals surface area contributed by atoms with E-state index in [0.717, 1.165) is 0 Å². The Morgan fingerprint density at radius 3 is 2.38 bits per heavy atom. The zero-order valence-electron chi connectivity index (χ0n) is 5.26. The van der Waals surface area contributed by atoms with Crippen LogP contribution < -0.4 is 0 Å². The van der Waals surface area contributed by atoms with Crippen molar-refractivity contribution in [2.75, 3.05) is 0 Å². The van der Waals surface area contributed by atoms with Crippen molar-refractivity contribution >= 4 is 0 Å². The molecular formula is C6H12O2. The first-order chi connectivity index (χ1) is 3.66. The normalized spacial score (nSPS) is 16.1. The molecule has 0 aromatic heterocycles. The second kappa shape index (κ2) is 3.50. The number of hydrogen-bond donors (Lipinski definition) is 2. The van der Waals surface area contributed by atoms with Gasteiger partial charge in [0.1, 0.15) is 0 Å². The van der Waals surface area contributed by atoms with Crippen LogP contribution in [0.25, 0.3) is 0 Å². The standard InChI is InChI=1S/C6H12O2/c1-3-6(8)4-5(2)7/h3,5,7-8H,4H2,1-2H3. The fourth-order valence-electron chi connectivity index (χ4n) is 0.421. The summed E-state index contributed by atoms with van der Waals surface area (Å²) in [6.07, 6.45) is 1.50. The van der Waals surface area contributed by atoms with E-state index in [4.69, 9.17) is 10.2 Å². The van der Waals surface area contributed by atoms with Gasteiger partial charge in [-0.25, -0.2) is 0 Å². The van der Waals surface area contributed by atoms with Crippen molar-refractivity contribution in [1.29, 1.82) is 0 Å². The van der Waals surface area contributed by atoms with Crippen molar-refractivity contribution in [2.45, 2.75) is 26.4 Å². The van der Waals surface area contributed by atoms with Crippen molar-refractivity contribution in [1.82, 2.24) is 0 Å². The van der Waals surface area contributed by atoms with E-state index < -0.39 is 6.10 Å². The highest BCUT2D eigenvalue weighted by atomic mass is 16.3. The van der Waals surface area contributed by atoms with E-state index in [1.54, 1.807) is 19.9 Å². The van der Waals surface area contributed by atoms with E-state index in [9.17, 15) is 0 Å². The molecule has 0 fully saturated rings. The van der Waals surface area contributed by atoms with Gasteiger partial charge in [-0.3, -0.25) is 0 Å². The fourth-order valence-corrected chi connectivity index (χ4v) is 0.421. The highest BCUT2D eigenvalue weighted by Crippen LogP contribution is 1.98. The van der Waals surface area contributed by atoms with Crippen LogP contribution in [-0.4, -0.2) is 16.3 Å². The molecule has 0 aliphatic rings. The molecule has 0 spiro atoms. The van der Waals surface area contributed by atoms with Gasteiger partial charge in [0.15, 0.2) is 0 Å². The van der Waals surface area contributed by atoms with Gasteiger partial charge in [0.2, 0.25) is 0 Å². The lowest BCUT2D eigenvalue weighted by atomic mass is 10.2. The molecule has 0 aliphatic carbocycles. The SMILES string of the molecule is CC=C(O)CC(C)O. The van der Waals surface area contributed by atoms with Gasteiger partial charge in [-0.15, -0.1) is 0 Å². The maximum Gasteiger partial charge on any atom is 0.0905 e. The van der Waals surface area contributed by atoms with Gasteiger partial charge in [-0.2, -0.15) is 0 Å². The Morgan fingerprint density at radius 2 is 2.25 bits per heavy atom. The van der Waals surface area contributed by atoms with Crippen LogP contribution in [-0.2, 0) is 0 Å². The lowest BCUT2D eigenvalue weighted by molar-refractivity contribution is 0.176. The van der Waals surface area contributed by atoms with Gasteiger partial charge >= 0.3 is 0 Å². The van der Waals surface area contributed by atoms with Crippen LogP contribution in [0.2, 0.25) is 0 Å². The van der Waals surface area contributed by atoms with Crippen molar-refractivity contribution in [2.24, 2.45) is 0 Å². The summed E-state index contributed by atoms with van der Waals surface area (Å²) >= 11 is 0. The number of rotatable bonds is 2. The Morgan fingerprint density at radius 1 is 1.75 bits per heavy atom. The second-order valence-corrected chi connectivity index (χ2v) is 1.83. The zero-order valence-corrected chi connectivity index (χ0v) is 5.26. The summed E-state index contributed by atoms with van der Waals surface area (Å²) in [6.45, 7) is 3.37. The fraction of sp³-hybridized carbons (Fsp3) is 0.667. The monoisotopic (exact) mass is 116 g/mol. The average molecular weight is 116 g/mol. The van der Waals surface area contributed by atoms with E-state index in [0.29, 0.717) is 6.42 Å². The molecule has 1 atom stereocenters. The summed E-state index contributed by atoms with van der Waals surface area (Å²) in [5.74, 6) is 0.250. The third-order valence-electron chi connectivity index (χ3n) is 0.838. The first-order valence-corrected chi connectivity index (χ1v) is 2.69. The van der Waals surface area contributed by atoms with Gasteiger partial charge in [0, 0.05) is 6.42 Å². The molecule has 0 saturated carbocycles. The highest BCUT2D eigenvalue weighted by molar-refractivity contribution is 4.88. The van der Waals surface area contributed by atoms with Crippen molar-refractivity contribution in [3.8, 4) is 0 Å². The summed E-state index contributed by atoms with van der Waals surface area (Å²) < 4.78 is 0. The van der Waals surface area contributed by atoms with Crippen LogP contribution in [0.3, 0.4) is 0 Å². The minimum Gasteiger partial charge on any atom is -0.513 e. The molecule has 0 aliphatic heterocycles. The van der Waals surface area contributed by atoms with Crippen LogP contribution in [0.4, 0.5) is 0 Å². The molecule has 1 unspecified atom stereocenters. The van der Waals surface area contributed by atoms with Crippen LogP contribution in [0, 0.1) is 0 Å². The molecule has 0 aromatic carbocycles. The van der Waals surface area contributed by atoms with Gasteiger partial charge in [-0.1, -0.05) is 0 Å². The van der Waals surface area contributed by atoms with Crippen LogP contribution in [0.15, 0.2) is 11.8 Å². The van der Waals surface area contributed by atoms with Crippen LogP contribution in [0.1, 0.15) is 20.3 Å². The molecule has 2 heteroatoms. The average Bonchev–Trinajstić information content (AvgIpc) is 1.65. The highest BCUT2D eigenvalue weighted by Gasteiger charge is 1.96. The van der Waals surface area contributed by atoms with Crippen molar-refractivity contribution < 1.29 is 10.2 Å². The molecule has 0 bridgehead atoms. The summed E-state index contributed by atoms with van der Waals surface area (Å²) in [5, 5.41) is 17.4. The lowest BCUT2D eigenvalue weighted by Gasteiger charge is -2.00. The largest absolute Gasteiger partial charge is 0.513 e. The molecule has 2 N–H and O–H groups in total. The number of aliphatic hydroxyl groups excluding tert-OH is 2. The smallest absolute Gasteiger partial charge is 0.0905 e. The van der Waals surface area contributed by atoms with E-state index in [1.807, 2.05) is 0 Å². The molecule has 0 heterocycles. The first-order valence-electron chi connectivity index (χ1n) is 2.69. The third-order valence-corrected chi connectivity index (χ3v) is 0.838. The van der Waals surface area contributed by atoms with Crippen LogP contribution in [0.5, 0.6) is 0 Å². The molecule has 48 valence electrons. The van der Waals surface area contributed by atoms with E-state index >= 15 is 0 Å². The molecule has 0 aromatic rings. The third kappa shape index (κ3) is 3.68. The Hall–Kier alpha value is -0.500. The van der Waals surface area contributed by atoms with Gasteiger partial charge in [0.25, 0.3) is 0 Å². The number of allylic oxidation sites excluding steroid dienone is 1. The lowest BCUT2D eigenvalue weighted by Crippen LogP contribution is -2.00. The van der Waals surface area contributed by atoms with Crippen molar-refractivity contribution in [3.05, 3.63) is 11.8 Å². The molecule has 0 rings (SSSR count). The van der Waals surface area contributed by atoms with Crippen LogP contribution >= 0.6 is 0 Å². The van der Waals surface area contributed by atoms with Gasteiger partial charge < -0.3 is 10.2 Å². The topological polar surface area (TPSA) is 40.5 Å². The van der Waals surface area contributed by atoms with E-state index in [-0.39, 0.29) is 5.76 Å². The Balaban J connectivity index is 3.39. The minimum atomic E-state index is -0.439. The maximum atomic E-state index is 8.73. The van der Waals surface area contributed by atoms with E-state index in [2.05, 4.69) is 0 Å². The Kier molecular flexibility index (Phi) is 3.28. The quantitative estimate of drug-likeness (QED) is 0.532. The first kappa shape index (κ1) is 7.50. The molecule has 8 heavy (non-hydrogen) atoms. The molecule has 0 saturated heterocycles. The Labute approximate surface area is 49.5 Å². The summed E-state index contributed by atoms with van der Waals surface area (Å²) in [6, 6.07) is 0. The Bertz CT molecular complexity index is 84.5. The maximum absolute atomic E-state index is 8.73. The second-order valence-electron chi connectivity index (χ2n) is 1.83. The summed E-state index contributed by atoms with van der Waals surface area (Å²) in [4.78, 5) is 0. The zero-order chi connectivity index (χ0) is 6.57. The van der Waals surface area contributed by atoms with Gasteiger partial charge in [0.05, 0.1) is 11.9 Å². The summed E-state index contributed by atoms with van der Waals surface area (Å²) in [7, 11) is 0. The van der Waals surface area contributed by atoms with Crippen molar-refractivity contribution in [3.63, 3.8) is 0 Å². The molecular weight excluding hydrogens is 104 g/mol. The number of hydrogen-bond acceptors (Lipinski definition) is 2. The molecule has 0 amide bonds. The predicted octanol–water partition coefficient (Wildman–Crippen LogP) is 1.22. The molecule has 2 nitrogen and oxygen atoms in total.